The summed E-state index contributed by atoms with van der Waals surface area (Å²) in [5, 5.41) is 0.417. The zero-order valence-corrected chi connectivity index (χ0v) is 13.1. The van der Waals surface area contributed by atoms with Crippen LogP contribution in [0, 0.1) is 33.3 Å². The summed E-state index contributed by atoms with van der Waals surface area (Å²) in [6.07, 6.45) is 0. The van der Waals surface area contributed by atoms with Gasteiger partial charge in [-0.1, -0.05) is 20.8 Å². The minimum absolute atomic E-state index is 0. The first-order valence-corrected chi connectivity index (χ1v) is 3.39. The van der Waals surface area contributed by atoms with Gasteiger partial charge in [0.2, 0.25) is 0 Å². The third kappa shape index (κ3) is 68800. The Bertz CT molecular complexity index is 134. The van der Waals surface area contributed by atoms with Crippen molar-refractivity contribution in [2.75, 3.05) is 0 Å². The molecule has 0 bridgehead atoms. The quantitative estimate of drug-likeness (QED) is 0.326. The third-order valence-corrected chi connectivity index (χ3v) is 0. The van der Waals surface area contributed by atoms with Crippen molar-refractivity contribution in [1.29, 1.82) is 0 Å². The zero-order chi connectivity index (χ0) is 14.5. The first-order chi connectivity index (χ1) is 7.00. The molecule has 16 heavy (non-hydrogen) atoms. The molecule has 0 saturated carbocycles. The second-order valence-corrected chi connectivity index (χ2v) is 4.10. The summed E-state index contributed by atoms with van der Waals surface area (Å²) >= 11 is 0. The molecule has 0 N–H and O–H groups in total. The van der Waals surface area contributed by atoms with E-state index in [-0.39, 0.29) is 21.1 Å². The van der Waals surface area contributed by atoms with Crippen LogP contribution in [0.25, 0.3) is 0 Å². The molecule has 0 aromatic carbocycles. The second-order valence-electron chi connectivity index (χ2n) is 2.37. The molecule has 1 atom stereocenters. The molecule has 0 aromatic heterocycles. The van der Waals surface area contributed by atoms with Crippen LogP contribution in [0.2, 0.25) is 0 Å². The van der Waals surface area contributed by atoms with Crippen molar-refractivity contribution in [2.24, 2.45) is 0 Å². The van der Waals surface area contributed by atoms with E-state index in [1.165, 1.54) is 0 Å². The maximum Gasteiger partial charge on any atom is 0 e. The van der Waals surface area contributed by atoms with Crippen LogP contribution in [-0.2, 0) is 44.3 Å². The topological polar surface area (TPSA) is 99.5 Å². The Hall–Kier alpha value is -0.182. The fraction of sp³-hybridized carbons (Fsp3) is 0.444. The van der Waals surface area contributed by atoms with Gasteiger partial charge in [0.15, 0.2) is 0 Å². The summed E-state index contributed by atoms with van der Waals surface area (Å²) in [5.74, 6) is 0. The van der Waals surface area contributed by atoms with Gasteiger partial charge in [0.25, 0.3) is 0 Å². The summed E-state index contributed by atoms with van der Waals surface area (Å²) in [4.78, 5) is 0. The van der Waals surface area contributed by atoms with E-state index < -0.39 is 0 Å². The standard InChI is InChI=1S/C4H11P.5CO.W/c1-4(2,3)5;5*1-2;/h5H2,1-3H3;;;;;;. The number of hydrogen-bond donors (Lipinski definition) is 0. The number of hydrogen-bond acceptors (Lipinski definition) is 0. The Kier molecular flexibility index (Phi) is 233. The molecule has 5 nitrogen and oxygen atoms in total. The largest absolute Gasteiger partial charge is 0 e. The summed E-state index contributed by atoms with van der Waals surface area (Å²) in [6.45, 7) is 29.0. The predicted molar refractivity (Wildman–Crippen MR) is 49.1 cm³/mol. The van der Waals surface area contributed by atoms with Gasteiger partial charge in [-0.05, 0) is 5.16 Å². The summed E-state index contributed by atoms with van der Waals surface area (Å²) in [6, 6.07) is 0. The molecular formula is C9H11O5PW. The van der Waals surface area contributed by atoms with Gasteiger partial charge in [-0.25, -0.2) is 0 Å². The fourth-order valence-electron chi connectivity index (χ4n) is 0. The normalized spacial score (nSPS) is 4.38. The van der Waals surface area contributed by atoms with E-state index in [1.807, 2.05) is 0 Å². The molecule has 1 unspecified atom stereocenters. The second kappa shape index (κ2) is 83.6. The molecule has 0 aromatic rings. The third-order valence-electron chi connectivity index (χ3n) is 0. The molecule has 7 heteroatoms. The Labute approximate surface area is 113 Å². The molecule has 0 radical (unpaired) electrons. The minimum atomic E-state index is 0. The molecule has 0 heterocycles. The van der Waals surface area contributed by atoms with Crippen LogP contribution in [0.4, 0.5) is 0 Å². The van der Waals surface area contributed by atoms with Gasteiger partial charge in [-0.3, -0.25) is 0 Å². The van der Waals surface area contributed by atoms with Gasteiger partial charge in [0.1, 0.15) is 0 Å². The Morgan fingerprint density at radius 1 is 0.625 bits per heavy atom. The van der Waals surface area contributed by atoms with Crippen LogP contribution in [0.5, 0.6) is 0 Å². The van der Waals surface area contributed by atoms with Crippen LogP contribution >= 0.6 is 9.24 Å². The first kappa shape index (κ1) is 44.7. The van der Waals surface area contributed by atoms with E-state index in [1.54, 1.807) is 0 Å². The molecule has 0 aliphatic rings. The summed E-state index contributed by atoms with van der Waals surface area (Å²) in [5.41, 5.74) is 0. The zero-order valence-electron chi connectivity index (χ0n) is 9.03. The van der Waals surface area contributed by atoms with Crippen LogP contribution in [0.3, 0.4) is 0 Å². The summed E-state index contributed by atoms with van der Waals surface area (Å²) in [7, 11) is 2.72. The van der Waals surface area contributed by atoms with Crippen LogP contribution in [-0.4, -0.2) is 5.16 Å². The molecule has 0 aliphatic heterocycles. The predicted octanol–water partition coefficient (Wildman–Crippen LogP) is 1.47. The van der Waals surface area contributed by atoms with E-state index in [9.17, 15) is 0 Å². The van der Waals surface area contributed by atoms with E-state index in [0.29, 0.717) is 5.16 Å². The van der Waals surface area contributed by atoms with Gasteiger partial charge >= 0.3 is 56.5 Å². The molecule has 0 saturated heterocycles. The first-order valence-electron chi connectivity index (χ1n) is 2.81. The molecule has 0 spiro atoms. The van der Waals surface area contributed by atoms with Crippen LogP contribution in [0.1, 0.15) is 20.8 Å². The van der Waals surface area contributed by atoms with Crippen molar-refractivity contribution < 1.29 is 44.3 Å². The fourth-order valence-corrected chi connectivity index (χ4v) is 0. The van der Waals surface area contributed by atoms with E-state index in [4.69, 9.17) is 23.3 Å². The summed E-state index contributed by atoms with van der Waals surface area (Å²) < 4.78 is 37.5. The average Bonchev–Trinajstić information content (AvgIpc) is 2.29. The molecule has 0 aliphatic carbocycles. The van der Waals surface area contributed by atoms with E-state index >= 15 is 0 Å². The van der Waals surface area contributed by atoms with Gasteiger partial charge < -0.3 is 0 Å². The van der Waals surface area contributed by atoms with Gasteiger partial charge in [0.05, 0.1) is 0 Å². The Balaban J connectivity index is -0.0000000130. The van der Waals surface area contributed by atoms with Gasteiger partial charge in [-0.2, -0.15) is 0 Å². The Morgan fingerprint density at radius 3 is 0.625 bits per heavy atom. The smallest absolute Gasteiger partial charge is 0 e. The maximum absolute atomic E-state index is 7.50. The van der Waals surface area contributed by atoms with Crippen molar-refractivity contribution in [2.45, 2.75) is 25.9 Å². The molecule has 88 valence electrons. The van der Waals surface area contributed by atoms with Crippen molar-refractivity contribution in [3.8, 4) is 0 Å². The number of rotatable bonds is 0. The molecule has 0 rings (SSSR count). The SMILES string of the molecule is CC(C)(C)P.[C-]#[O+].[C-]#[O+].[C-]#[O+].[C-]#[O+].[C-]#[O+].[W]. The monoisotopic (exact) mass is 414 g/mol. The van der Waals surface area contributed by atoms with Crippen molar-refractivity contribution in [3.63, 3.8) is 0 Å². The van der Waals surface area contributed by atoms with Gasteiger partial charge in [-0.15, -0.1) is 9.24 Å². The average molecular weight is 414 g/mol. The van der Waals surface area contributed by atoms with E-state index in [2.05, 4.69) is 63.3 Å². The molecular weight excluding hydrogens is 403 g/mol. The Morgan fingerprint density at radius 2 is 0.625 bits per heavy atom. The van der Waals surface area contributed by atoms with Crippen LogP contribution in [0.15, 0.2) is 0 Å². The molecule has 0 fully saturated rings. The van der Waals surface area contributed by atoms with Gasteiger partial charge in [0, 0.05) is 21.1 Å². The van der Waals surface area contributed by atoms with Crippen LogP contribution < -0.4 is 0 Å². The van der Waals surface area contributed by atoms with Crippen molar-refractivity contribution >= 4 is 9.24 Å². The van der Waals surface area contributed by atoms with E-state index in [0.717, 1.165) is 0 Å². The molecule has 0 amide bonds. The van der Waals surface area contributed by atoms with Crippen molar-refractivity contribution in [3.05, 3.63) is 33.3 Å². The minimum Gasteiger partial charge on any atom is 0 e. The van der Waals surface area contributed by atoms with Crippen molar-refractivity contribution in [1.82, 2.24) is 0 Å². The maximum atomic E-state index is 7.50.